The van der Waals surface area contributed by atoms with Gasteiger partial charge in [-0.05, 0) is 30.5 Å². The Balaban J connectivity index is 1.65. The third-order valence-electron chi connectivity index (χ3n) is 4.25. The average molecular weight is 325 g/mol. The maximum absolute atomic E-state index is 12.7. The fourth-order valence-corrected chi connectivity index (χ4v) is 2.91. The van der Waals surface area contributed by atoms with Crippen molar-refractivity contribution in [3.05, 3.63) is 71.3 Å². The molecule has 4 nitrogen and oxygen atoms in total. The molecule has 1 heterocycles. The highest BCUT2D eigenvalue weighted by atomic mass is 16.7. The first-order valence-electron chi connectivity index (χ1n) is 8.41. The smallest absolute Gasteiger partial charge is 0.252 e. The summed E-state index contributed by atoms with van der Waals surface area (Å²) >= 11 is 0. The van der Waals surface area contributed by atoms with Gasteiger partial charge in [-0.1, -0.05) is 48.5 Å². The number of rotatable bonds is 6. The lowest BCUT2D eigenvalue weighted by Crippen LogP contribution is -2.27. The second-order valence-electron chi connectivity index (χ2n) is 5.97. The van der Waals surface area contributed by atoms with Gasteiger partial charge in [-0.15, -0.1) is 0 Å². The van der Waals surface area contributed by atoms with Gasteiger partial charge in [0.2, 0.25) is 0 Å². The first kappa shape index (κ1) is 16.7. The van der Waals surface area contributed by atoms with E-state index in [0.717, 1.165) is 29.5 Å². The minimum Gasteiger partial charge on any atom is -0.350 e. The number of hydrogen-bond acceptors (Lipinski definition) is 3. The Hall–Kier alpha value is -2.17. The van der Waals surface area contributed by atoms with Crippen molar-refractivity contribution in [1.29, 1.82) is 0 Å². The van der Waals surface area contributed by atoms with E-state index < -0.39 is 0 Å². The zero-order valence-electron chi connectivity index (χ0n) is 13.9. The Morgan fingerprint density at radius 3 is 2.50 bits per heavy atom. The van der Waals surface area contributed by atoms with E-state index in [1.54, 1.807) is 0 Å². The van der Waals surface area contributed by atoms with Crippen molar-refractivity contribution in [3.8, 4) is 0 Å². The van der Waals surface area contributed by atoms with Gasteiger partial charge in [0, 0.05) is 12.0 Å². The Morgan fingerprint density at radius 1 is 1.08 bits per heavy atom. The molecule has 1 amide bonds. The van der Waals surface area contributed by atoms with Crippen molar-refractivity contribution in [2.24, 2.45) is 0 Å². The van der Waals surface area contributed by atoms with Gasteiger partial charge in [-0.2, -0.15) is 0 Å². The molecule has 1 saturated heterocycles. The average Bonchev–Trinajstić information content (AvgIpc) is 3.14. The lowest BCUT2D eigenvalue weighted by Gasteiger charge is -2.16. The summed E-state index contributed by atoms with van der Waals surface area (Å²) in [5.41, 5.74) is 2.84. The summed E-state index contributed by atoms with van der Waals surface area (Å²) in [5, 5.41) is 3.08. The number of hydrogen-bond donors (Lipinski definition) is 1. The molecule has 1 N–H and O–H groups in total. The van der Waals surface area contributed by atoms with Gasteiger partial charge in [0.05, 0.1) is 19.3 Å². The molecule has 0 saturated carbocycles. The predicted molar refractivity (Wildman–Crippen MR) is 92.8 cm³/mol. The van der Waals surface area contributed by atoms with Crippen LogP contribution < -0.4 is 5.32 Å². The molecule has 126 valence electrons. The van der Waals surface area contributed by atoms with Crippen molar-refractivity contribution in [1.82, 2.24) is 5.32 Å². The molecule has 1 aliphatic rings. The first-order chi connectivity index (χ1) is 11.7. The number of benzene rings is 2. The predicted octanol–water partition coefficient (Wildman–Crippen LogP) is 3.48. The van der Waals surface area contributed by atoms with Crippen LogP contribution in [-0.2, 0) is 15.9 Å². The minimum absolute atomic E-state index is 0.0340. The molecule has 0 spiro atoms. The third-order valence-corrected chi connectivity index (χ3v) is 4.25. The van der Waals surface area contributed by atoms with Crippen molar-refractivity contribution < 1.29 is 14.3 Å². The quantitative estimate of drug-likeness (QED) is 0.884. The van der Waals surface area contributed by atoms with Crippen LogP contribution in [0.2, 0.25) is 0 Å². The van der Waals surface area contributed by atoms with Crippen molar-refractivity contribution in [2.45, 2.75) is 32.1 Å². The van der Waals surface area contributed by atoms with Gasteiger partial charge in [0.25, 0.3) is 5.91 Å². The number of amides is 1. The van der Waals surface area contributed by atoms with Crippen LogP contribution in [0.15, 0.2) is 54.6 Å². The molecular weight excluding hydrogens is 302 g/mol. The largest absolute Gasteiger partial charge is 0.350 e. The van der Waals surface area contributed by atoms with Gasteiger partial charge in [0.15, 0.2) is 6.29 Å². The minimum atomic E-state index is -0.149. The van der Waals surface area contributed by atoms with Crippen molar-refractivity contribution in [3.63, 3.8) is 0 Å². The summed E-state index contributed by atoms with van der Waals surface area (Å²) in [5.74, 6) is -0.0461. The molecule has 2 aromatic rings. The van der Waals surface area contributed by atoms with Crippen LogP contribution in [0.3, 0.4) is 0 Å². The van der Waals surface area contributed by atoms with E-state index in [-0.39, 0.29) is 18.2 Å². The zero-order chi connectivity index (χ0) is 16.8. The first-order valence-corrected chi connectivity index (χ1v) is 8.41. The third kappa shape index (κ3) is 4.22. The lowest BCUT2D eigenvalue weighted by molar-refractivity contribution is -0.0462. The standard InChI is InChI=1S/C20H23NO3/c1-15(16-7-3-2-4-8-16)21-20(22)18-10-6-5-9-17(18)11-12-19-23-13-14-24-19/h2-10,15,19H,11-14H2,1H3,(H,21,22)/t15-/m1/s1. The summed E-state index contributed by atoms with van der Waals surface area (Å²) in [6.45, 7) is 3.30. The molecule has 1 atom stereocenters. The molecule has 1 aliphatic heterocycles. The van der Waals surface area contributed by atoms with E-state index in [0.29, 0.717) is 13.2 Å². The summed E-state index contributed by atoms with van der Waals surface area (Å²) in [4.78, 5) is 12.7. The van der Waals surface area contributed by atoms with E-state index in [2.05, 4.69) is 5.32 Å². The molecule has 4 heteroatoms. The fourth-order valence-electron chi connectivity index (χ4n) is 2.91. The van der Waals surface area contributed by atoms with Crippen LogP contribution in [0.1, 0.15) is 40.9 Å². The topological polar surface area (TPSA) is 47.6 Å². The van der Waals surface area contributed by atoms with Gasteiger partial charge >= 0.3 is 0 Å². The Morgan fingerprint density at radius 2 is 1.75 bits per heavy atom. The molecule has 0 aromatic heterocycles. The van der Waals surface area contributed by atoms with Crippen LogP contribution >= 0.6 is 0 Å². The molecular formula is C20H23NO3. The van der Waals surface area contributed by atoms with Crippen molar-refractivity contribution in [2.75, 3.05) is 13.2 Å². The lowest BCUT2D eigenvalue weighted by atomic mass is 10.0. The van der Waals surface area contributed by atoms with Crippen molar-refractivity contribution >= 4 is 5.91 Å². The van der Waals surface area contributed by atoms with Crippen LogP contribution in [0, 0.1) is 0 Å². The molecule has 2 aromatic carbocycles. The van der Waals surface area contributed by atoms with Gasteiger partial charge in [-0.25, -0.2) is 0 Å². The van der Waals surface area contributed by atoms with E-state index in [1.807, 2.05) is 61.5 Å². The summed E-state index contributed by atoms with van der Waals surface area (Å²) in [6.07, 6.45) is 1.37. The van der Waals surface area contributed by atoms with Gasteiger partial charge < -0.3 is 14.8 Å². The highest BCUT2D eigenvalue weighted by Gasteiger charge is 2.18. The zero-order valence-corrected chi connectivity index (χ0v) is 13.9. The molecule has 0 bridgehead atoms. The second kappa shape index (κ2) is 8.08. The molecule has 1 fully saturated rings. The van der Waals surface area contributed by atoms with E-state index in [9.17, 15) is 4.79 Å². The normalized spacial score (nSPS) is 16.0. The summed E-state index contributed by atoms with van der Waals surface area (Å²) in [6, 6.07) is 17.7. The number of carbonyl (C=O) groups excluding carboxylic acids is 1. The highest BCUT2D eigenvalue weighted by Crippen LogP contribution is 2.18. The number of carbonyl (C=O) groups is 1. The Labute approximate surface area is 142 Å². The number of nitrogens with one attached hydrogen (secondary N) is 1. The second-order valence-corrected chi connectivity index (χ2v) is 5.97. The maximum atomic E-state index is 12.7. The SMILES string of the molecule is C[C@@H](NC(=O)c1ccccc1CCC1OCCO1)c1ccccc1. The fraction of sp³-hybridized carbons (Fsp3) is 0.350. The van der Waals surface area contributed by atoms with E-state index >= 15 is 0 Å². The van der Waals surface area contributed by atoms with E-state index in [4.69, 9.17) is 9.47 Å². The van der Waals surface area contributed by atoms with Gasteiger partial charge in [-0.3, -0.25) is 4.79 Å². The number of aryl methyl sites for hydroxylation is 1. The molecule has 0 unspecified atom stereocenters. The van der Waals surface area contributed by atoms with Crippen LogP contribution in [0.4, 0.5) is 0 Å². The Bertz CT molecular complexity index is 666. The maximum Gasteiger partial charge on any atom is 0.252 e. The van der Waals surface area contributed by atoms with E-state index in [1.165, 1.54) is 0 Å². The summed E-state index contributed by atoms with van der Waals surface area (Å²) < 4.78 is 10.9. The van der Waals surface area contributed by atoms with Crippen LogP contribution in [0.5, 0.6) is 0 Å². The molecule has 0 aliphatic carbocycles. The summed E-state index contributed by atoms with van der Waals surface area (Å²) in [7, 11) is 0. The molecule has 24 heavy (non-hydrogen) atoms. The van der Waals surface area contributed by atoms with Crippen LogP contribution in [-0.4, -0.2) is 25.4 Å². The highest BCUT2D eigenvalue weighted by molar-refractivity contribution is 5.95. The number of ether oxygens (including phenoxy) is 2. The molecule has 3 rings (SSSR count). The van der Waals surface area contributed by atoms with Crippen LogP contribution in [0.25, 0.3) is 0 Å². The monoisotopic (exact) mass is 325 g/mol. The van der Waals surface area contributed by atoms with Gasteiger partial charge in [0.1, 0.15) is 0 Å². The molecule has 0 radical (unpaired) electrons. The Kier molecular flexibility index (Phi) is 5.62.